The molecule has 0 saturated carbocycles. The third kappa shape index (κ3) is 2.28. The van der Waals surface area contributed by atoms with Gasteiger partial charge in [-0.1, -0.05) is 19.4 Å². The molecule has 25 heavy (non-hydrogen) atoms. The molecule has 4 rings (SSSR count). The highest BCUT2D eigenvalue weighted by Gasteiger charge is 2.48. The molecular formula is C22H26O3. The Kier molecular flexibility index (Phi) is 3.98. The van der Waals surface area contributed by atoms with E-state index in [2.05, 4.69) is 19.1 Å². The number of fused-ring (bicyclic) bond motifs is 4. The number of Topliss-reactive ketones (excluding diaryl/α,β-unsaturated/α-hetero) is 1. The van der Waals surface area contributed by atoms with Crippen LogP contribution in [0.3, 0.4) is 0 Å². The second kappa shape index (κ2) is 6.05. The maximum atomic E-state index is 12.7. The summed E-state index contributed by atoms with van der Waals surface area (Å²) in [6.07, 6.45) is 8.78. The van der Waals surface area contributed by atoms with E-state index in [1.54, 1.807) is 14.2 Å². The van der Waals surface area contributed by atoms with Gasteiger partial charge in [-0.25, -0.2) is 0 Å². The zero-order valence-electron chi connectivity index (χ0n) is 15.4. The van der Waals surface area contributed by atoms with Crippen molar-refractivity contribution in [1.29, 1.82) is 0 Å². The minimum absolute atomic E-state index is 0.204. The van der Waals surface area contributed by atoms with Crippen molar-refractivity contribution in [1.82, 2.24) is 0 Å². The minimum atomic E-state index is -0.204. The molecule has 0 N–H and O–H groups in total. The van der Waals surface area contributed by atoms with Crippen molar-refractivity contribution in [3.63, 3.8) is 0 Å². The number of aryl methyl sites for hydroxylation is 1. The fourth-order valence-corrected chi connectivity index (χ4v) is 5.18. The van der Waals surface area contributed by atoms with Gasteiger partial charge in [-0.05, 0) is 60.5 Å². The largest absolute Gasteiger partial charge is 0.497 e. The molecule has 3 nitrogen and oxygen atoms in total. The number of hydrogen-bond acceptors (Lipinski definition) is 3. The van der Waals surface area contributed by atoms with Crippen molar-refractivity contribution in [2.24, 2.45) is 5.41 Å². The van der Waals surface area contributed by atoms with Crippen LogP contribution in [0.15, 0.2) is 29.4 Å². The van der Waals surface area contributed by atoms with Crippen molar-refractivity contribution in [3.8, 4) is 11.5 Å². The zero-order valence-corrected chi connectivity index (χ0v) is 15.4. The van der Waals surface area contributed by atoms with Gasteiger partial charge in [-0.3, -0.25) is 4.79 Å². The molecule has 0 amide bonds. The fraction of sp³-hybridized carbons (Fsp3) is 0.500. The van der Waals surface area contributed by atoms with Gasteiger partial charge in [0.05, 0.1) is 19.6 Å². The van der Waals surface area contributed by atoms with Crippen LogP contribution in [-0.2, 0) is 11.2 Å². The summed E-state index contributed by atoms with van der Waals surface area (Å²) in [5.74, 6) is 2.18. The molecule has 0 fully saturated rings. The average molecular weight is 338 g/mol. The first-order valence-corrected chi connectivity index (χ1v) is 9.36. The molecule has 3 aliphatic carbocycles. The number of ketones is 1. The molecule has 132 valence electrons. The van der Waals surface area contributed by atoms with Gasteiger partial charge in [0, 0.05) is 18.1 Å². The first-order chi connectivity index (χ1) is 12.1. The predicted octanol–water partition coefficient (Wildman–Crippen LogP) is 4.88. The average Bonchev–Trinajstić information content (AvgIpc) is 2.97. The van der Waals surface area contributed by atoms with Crippen LogP contribution in [0.4, 0.5) is 0 Å². The van der Waals surface area contributed by atoms with E-state index in [0.29, 0.717) is 12.2 Å². The van der Waals surface area contributed by atoms with Crippen LogP contribution in [0.2, 0.25) is 0 Å². The van der Waals surface area contributed by atoms with E-state index in [9.17, 15) is 4.79 Å². The maximum absolute atomic E-state index is 12.7. The Morgan fingerprint density at radius 1 is 1.08 bits per heavy atom. The lowest BCUT2D eigenvalue weighted by molar-refractivity contribution is -0.125. The van der Waals surface area contributed by atoms with Crippen molar-refractivity contribution in [3.05, 3.63) is 40.5 Å². The van der Waals surface area contributed by atoms with Gasteiger partial charge in [-0.15, -0.1) is 0 Å². The van der Waals surface area contributed by atoms with Crippen molar-refractivity contribution in [2.45, 2.75) is 51.9 Å². The Labute approximate surface area is 149 Å². The van der Waals surface area contributed by atoms with Gasteiger partial charge in [-0.2, -0.15) is 0 Å². The van der Waals surface area contributed by atoms with Gasteiger partial charge in [0.25, 0.3) is 0 Å². The van der Waals surface area contributed by atoms with Crippen molar-refractivity contribution >= 4 is 11.4 Å². The highest BCUT2D eigenvalue weighted by Crippen LogP contribution is 2.57. The number of ether oxygens (including phenoxy) is 2. The SMILES string of the molecule is CCC[C@]12CCC3=C(CCc4cc(OC)cc(OC)c43)C1=CCC2=O. The number of carbonyl (C=O) groups excluding carboxylic acids is 1. The maximum Gasteiger partial charge on any atom is 0.147 e. The summed E-state index contributed by atoms with van der Waals surface area (Å²) < 4.78 is 11.1. The third-order valence-corrected chi connectivity index (χ3v) is 6.27. The number of benzene rings is 1. The van der Waals surface area contributed by atoms with E-state index < -0.39 is 0 Å². The molecule has 0 saturated heterocycles. The van der Waals surface area contributed by atoms with Gasteiger partial charge in [0.1, 0.15) is 17.3 Å². The lowest BCUT2D eigenvalue weighted by Gasteiger charge is -2.40. The van der Waals surface area contributed by atoms with Gasteiger partial charge in [0.2, 0.25) is 0 Å². The highest BCUT2D eigenvalue weighted by molar-refractivity contribution is 5.97. The molecule has 0 bridgehead atoms. The molecule has 0 aromatic heterocycles. The third-order valence-electron chi connectivity index (χ3n) is 6.27. The molecule has 3 heteroatoms. The van der Waals surface area contributed by atoms with E-state index in [4.69, 9.17) is 9.47 Å². The second-order valence-electron chi connectivity index (χ2n) is 7.40. The van der Waals surface area contributed by atoms with Crippen LogP contribution in [-0.4, -0.2) is 20.0 Å². The van der Waals surface area contributed by atoms with Crippen LogP contribution < -0.4 is 9.47 Å². The Balaban J connectivity index is 1.87. The Bertz CT molecular complexity index is 800. The molecule has 3 aliphatic rings. The van der Waals surface area contributed by atoms with E-state index in [-0.39, 0.29) is 5.41 Å². The highest BCUT2D eigenvalue weighted by atomic mass is 16.5. The number of carbonyl (C=O) groups is 1. The lowest BCUT2D eigenvalue weighted by Crippen LogP contribution is -2.33. The Morgan fingerprint density at radius 2 is 1.92 bits per heavy atom. The fourth-order valence-electron chi connectivity index (χ4n) is 5.18. The lowest BCUT2D eigenvalue weighted by atomic mass is 9.62. The van der Waals surface area contributed by atoms with Gasteiger partial charge < -0.3 is 9.47 Å². The van der Waals surface area contributed by atoms with Gasteiger partial charge >= 0.3 is 0 Å². The molecule has 0 heterocycles. The molecule has 0 aliphatic heterocycles. The summed E-state index contributed by atoms with van der Waals surface area (Å²) in [6.45, 7) is 2.19. The molecule has 0 unspecified atom stereocenters. The van der Waals surface area contributed by atoms with E-state index >= 15 is 0 Å². The molecule has 0 spiro atoms. The summed E-state index contributed by atoms with van der Waals surface area (Å²) in [5.41, 5.74) is 6.50. The molecule has 1 atom stereocenters. The van der Waals surface area contributed by atoms with Crippen LogP contribution in [0.1, 0.15) is 56.6 Å². The predicted molar refractivity (Wildman–Crippen MR) is 99.1 cm³/mol. The summed E-state index contributed by atoms with van der Waals surface area (Å²) >= 11 is 0. The van der Waals surface area contributed by atoms with Crippen LogP contribution in [0.5, 0.6) is 11.5 Å². The monoisotopic (exact) mass is 338 g/mol. The quantitative estimate of drug-likeness (QED) is 0.784. The number of methoxy groups -OCH3 is 2. The number of rotatable bonds is 4. The minimum Gasteiger partial charge on any atom is -0.497 e. The standard InChI is InChI=1S/C22H26O3/c1-4-10-22-11-9-17-16(18(22)7-8-20(22)23)6-5-14-12-15(24-2)13-19(25-3)21(14)17/h7,12-13H,4-6,8-11H2,1-3H3/t22-/m0/s1. The first kappa shape index (κ1) is 16.4. The summed E-state index contributed by atoms with van der Waals surface area (Å²) in [4.78, 5) is 12.7. The van der Waals surface area contributed by atoms with Gasteiger partial charge in [0.15, 0.2) is 0 Å². The molecule has 1 aromatic carbocycles. The van der Waals surface area contributed by atoms with Crippen LogP contribution in [0.25, 0.3) is 5.57 Å². The normalized spacial score (nSPS) is 24.4. The molecular weight excluding hydrogens is 312 g/mol. The van der Waals surface area contributed by atoms with E-state index in [1.807, 2.05) is 6.07 Å². The summed E-state index contributed by atoms with van der Waals surface area (Å²) in [5, 5.41) is 0. The first-order valence-electron chi connectivity index (χ1n) is 9.36. The smallest absolute Gasteiger partial charge is 0.147 e. The Morgan fingerprint density at radius 3 is 2.64 bits per heavy atom. The summed E-state index contributed by atoms with van der Waals surface area (Å²) in [7, 11) is 3.43. The Hall–Kier alpha value is -2.03. The van der Waals surface area contributed by atoms with Crippen molar-refractivity contribution in [2.75, 3.05) is 14.2 Å². The number of hydrogen-bond donors (Lipinski definition) is 0. The summed E-state index contributed by atoms with van der Waals surface area (Å²) in [6, 6.07) is 4.13. The van der Waals surface area contributed by atoms with Crippen LogP contribution >= 0.6 is 0 Å². The topological polar surface area (TPSA) is 35.5 Å². The molecule has 1 aromatic rings. The van der Waals surface area contributed by atoms with Crippen molar-refractivity contribution < 1.29 is 14.3 Å². The number of allylic oxidation sites excluding steroid dienone is 4. The zero-order chi connectivity index (χ0) is 17.6. The molecule has 0 radical (unpaired) electrons. The second-order valence-corrected chi connectivity index (χ2v) is 7.40. The van der Waals surface area contributed by atoms with E-state index in [0.717, 1.165) is 50.0 Å². The van der Waals surface area contributed by atoms with Crippen LogP contribution in [0, 0.1) is 5.41 Å². The van der Waals surface area contributed by atoms with E-state index in [1.165, 1.54) is 27.8 Å².